The van der Waals surface area contributed by atoms with E-state index in [4.69, 9.17) is 0 Å². The Morgan fingerprint density at radius 3 is 2.88 bits per heavy atom. The number of rotatable bonds is 0. The van der Waals surface area contributed by atoms with Crippen molar-refractivity contribution in [2.24, 2.45) is 0 Å². The molecule has 0 aliphatic carbocycles. The molecule has 0 atom stereocenters. The summed E-state index contributed by atoms with van der Waals surface area (Å²) in [7, 11) is 0. The highest BCUT2D eigenvalue weighted by molar-refractivity contribution is 7.78. The largest absolute Gasteiger partial charge is 0.307 e. The Morgan fingerprint density at radius 1 is 1.75 bits per heavy atom. The Morgan fingerprint density at radius 2 is 2.50 bits per heavy atom. The van der Waals surface area contributed by atoms with Crippen molar-refractivity contribution in [2.75, 3.05) is 19.6 Å². The molecular formula is C4H8N2OS. The van der Waals surface area contributed by atoms with Gasteiger partial charge in [0.1, 0.15) is 0 Å². The number of nitrogens with one attached hydrogen (secondary N) is 1. The van der Waals surface area contributed by atoms with Gasteiger partial charge in [0.2, 0.25) is 5.91 Å². The van der Waals surface area contributed by atoms with Gasteiger partial charge < -0.3 is 5.32 Å². The summed E-state index contributed by atoms with van der Waals surface area (Å²) in [5.74, 6) is 0.0552. The van der Waals surface area contributed by atoms with Crippen molar-refractivity contribution in [3.63, 3.8) is 0 Å². The average Bonchev–Trinajstić information content (AvgIpc) is 1.77. The van der Waals surface area contributed by atoms with E-state index in [1.807, 2.05) is 0 Å². The Hall–Kier alpha value is -0.220. The molecule has 1 aliphatic rings. The standard InChI is InChI=1S/C4H8N2OS/c7-4-3-5-1-2-6(4)8/h5,8H,1-3H2. The fourth-order valence-electron chi connectivity index (χ4n) is 0.596. The van der Waals surface area contributed by atoms with Crippen molar-refractivity contribution < 1.29 is 4.79 Å². The Kier molecular flexibility index (Phi) is 1.75. The molecule has 3 nitrogen and oxygen atoms in total. The van der Waals surface area contributed by atoms with Crippen LogP contribution in [-0.4, -0.2) is 29.8 Å². The second-order valence-electron chi connectivity index (χ2n) is 1.69. The van der Waals surface area contributed by atoms with Crippen LogP contribution in [0, 0.1) is 0 Å². The van der Waals surface area contributed by atoms with Crippen LogP contribution in [0.25, 0.3) is 0 Å². The minimum Gasteiger partial charge on any atom is -0.307 e. The highest BCUT2D eigenvalue weighted by Gasteiger charge is 2.12. The van der Waals surface area contributed by atoms with Gasteiger partial charge in [-0.2, -0.15) is 0 Å². The molecule has 0 spiro atoms. The number of nitrogens with zero attached hydrogens (tertiary/aromatic N) is 1. The molecule has 0 bridgehead atoms. The average molecular weight is 132 g/mol. The Balaban J connectivity index is 2.39. The van der Waals surface area contributed by atoms with Gasteiger partial charge in [0.25, 0.3) is 0 Å². The van der Waals surface area contributed by atoms with Gasteiger partial charge in [-0.25, -0.2) is 0 Å². The predicted octanol–water partition coefficient (Wildman–Crippen LogP) is -0.737. The van der Waals surface area contributed by atoms with E-state index < -0.39 is 0 Å². The zero-order valence-corrected chi connectivity index (χ0v) is 5.32. The van der Waals surface area contributed by atoms with Gasteiger partial charge in [0, 0.05) is 13.1 Å². The van der Waals surface area contributed by atoms with E-state index in [9.17, 15) is 4.79 Å². The Bertz CT molecular complexity index is 106. The van der Waals surface area contributed by atoms with Crippen LogP contribution < -0.4 is 5.32 Å². The van der Waals surface area contributed by atoms with Gasteiger partial charge >= 0.3 is 0 Å². The number of carbonyl (C=O) groups excluding carboxylic acids is 1. The molecule has 1 N–H and O–H groups in total. The van der Waals surface area contributed by atoms with Crippen molar-refractivity contribution in [2.45, 2.75) is 0 Å². The lowest BCUT2D eigenvalue weighted by atomic mass is 10.4. The van der Waals surface area contributed by atoms with Crippen LogP contribution in [0.4, 0.5) is 0 Å². The summed E-state index contributed by atoms with van der Waals surface area (Å²) < 4.78 is 1.43. The number of carbonyl (C=O) groups is 1. The molecule has 0 aromatic heterocycles. The predicted molar refractivity (Wildman–Crippen MR) is 33.6 cm³/mol. The molecule has 1 heterocycles. The summed E-state index contributed by atoms with van der Waals surface area (Å²) in [4.78, 5) is 10.6. The fraction of sp³-hybridized carbons (Fsp3) is 0.750. The lowest BCUT2D eigenvalue weighted by Crippen LogP contribution is -2.43. The van der Waals surface area contributed by atoms with E-state index in [0.717, 1.165) is 6.54 Å². The van der Waals surface area contributed by atoms with Crippen molar-refractivity contribution in [3.05, 3.63) is 0 Å². The zero-order chi connectivity index (χ0) is 5.98. The highest BCUT2D eigenvalue weighted by Crippen LogP contribution is 1.95. The first-order chi connectivity index (χ1) is 3.80. The molecule has 0 saturated carbocycles. The number of piperazine rings is 1. The summed E-state index contributed by atoms with van der Waals surface area (Å²) >= 11 is 3.90. The first-order valence-corrected chi connectivity index (χ1v) is 2.90. The van der Waals surface area contributed by atoms with Gasteiger partial charge in [-0.1, -0.05) is 12.8 Å². The molecule has 8 heavy (non-hydrogen) atoms. The third kappa shape index (κ3) is 1.14. The minimum absolute atomic E-state index is 0.0552. The van der Waals surface area contributed by atoms with E-state index >= 15 is 0 Å². The van der Waals surface area contributed by atoms with Crippen LogP contribution in [-0.2, 0) is 4.79 Å². The second kappa shape index (κ2) is 2.37. The molecule has 1 aliphatic heterocycles. The number of amides is 1. The molecule has 1 saturated heterocycles. The van der Waals surface area contributed by atoms with Crippen LogP contribution >= 0.6 is 12.8 Å². The summed E-state index contributed by atoms with van der Waals surface area (Å²) in [5, 5.41) is 2.92. The first-order valence-electron chi connectivity index (χ1n) is 2.50. The maximum Gasteiger partial charge on any atom is 0.246 e. The van der Waals surface area contributed by atoms with Crippen LogP contribution in [0.2, 0.25) is 0 Å². The topological polar surface area (TPSA) is 32.3 Å². The van der Waals surface area contributed by atoms with Crippen LogP contribution in [0.1, 0.15) is 0 Å². The van der Waals surface area contributed by atoms with Crippen molar-refractivity contribution in [1.82, 2.24) is 9.62 Å². The van der Waals surface area contributed by atoms with E-state index in [-0.39, 0.29) is 5.91 Å². The zero-order valence-electron chi connectivity index (χ0n) is 4.42. The number of hydrogen-bond donors (Lipinski definition) is 2. The molecule has 0 unspecified atom stereocenters. The fourth-order valence-corrected chi connectivity index (χ4v) is 0.767. The molecule has 46 valence electrons. The van der Waals surface area contributed by atoms with Gasteiger partial charge in [0.05, 0.1) is 6.54 Å². The normalized spacial score (nSPS) is 21.6. The van der Waals surface area contributed by atoms with E-state index in [0.29, 0.717) is 13.1 Å². The van der Waals surface area contributed by atoms with Gasteiger partial charge in [0.15, 0.2) is 0 Å². The lowest BCUT2D eigenvalue weighted by molar-refractivity contribution is -0.126. The molecule has 0 aromatic rings. The van der Waals surface area contributed by atoms with Crippen LogP contribution in [0.3, 0.4) is 0 Å². The van der Waals surface area contributed by atoms with E-state index in [1.165, 1.54) is 4.31 Å². The third-order valence-electron chi connectivity index (χ3n) is 1.06. The summed E-state index contributed by atoms with van der Waals surface area (Å²) in [6, 6.07) is 0. The molecular weight excluding hydrogens is 124 g/mol. The third-order valence-corrected chi connectivity index (χ3v) is 1.49. The molecule has 0 aromatic carbocycles. The maximum absolute atomic E-state index is 10.6. The van der Waals surface area contributed by atoms with E-state index in [1.54, 1.807) is 0 Å². The molecule has 0 radical (unpaired) electrons. The first kappa shape index (κ1) is 5.91. The second-order valence-corrected chi connectivity index (χ2v) is 2.18. The van der Waals surface area contributed by atoms with Gasteiger partial charge in [-0.15, -0.1) is 0 Å². The highest BCUT2D eigenvalue weighted by atomic mass is 32.1. The molecule has 4 heteroatoms. The van der Waals surface area contributed by atoms with E-state index in [2.05, 4.69) is 18.1 Å². The summed E-state index contributed by atoms with van der Waals surface area (Å²) in [6.45, 7) is 2.00. The van der Waals surface area contributed by atoms with Crippen molar-refractivity contribution in [1.29, 1.82) is 0 Å². The molecule has 1 amide bonds. The summed E-state index contributed by atoms with van der Waals surface area (Å²) in [6.07, 6.45) is 0. The Labute approximate surface area is 53.6 Å². The monoisotopic (exact) mass is 132 g/mol. The smallest absolute Gasteiger partial charge is 0.246 e. The van der Waals surface area contributed by atoms with Crippen LogP contribution in [0.15, 0.2) is 0 Å². The van der Waals surface area contributed by atoms with Crippen LogP contribution in [0.5, 0.6) is 0 Å². The van der Waals surface area contributed by atoms with Gasteiger partial charge in [-0.3, -0.25) is 9.10 Å². The number of hydrogen-bond acceptors (Lipinski definition) is 3. The SMILES string of the molecule is O=C1CNCCN1S. The van der Waals surface area contributed by atoms with Gasteiger partial charge in [-0.05, 0) is 0 Å². The lowest BCUT2D eigenvalue weighted by Gasteiger charge is -2.20. The molecule has 1 rings (SSSR count). The van der Waals surface area contributed by atoms with Crippen molar-refractivity contribution >= 4 is 18.7 Å². The minimum atomic E-state index is 0.0552. The maximum atomic E-state index is 10.6. The summed E-state index contributed by atoms with van der Waals surface area (Å²) in [5.41, 5.74) is 0. The quantitative estimate of drug-likeness (QED) is 0.426. The van der Waals surface area contributed by atoms with Crippen molar-refractivity contribution in [3.8, 4) is 0 Å². The number of thiol groups is 1. The molecule has 1 fully saturated rings.